The average molecular weight is 358 g/mol. The molecule has 1 aliphatic rings. The van der Waals surface area contributed by atoms with Gasteiger partial charge in [0.2, 0.25) is 5.91 Å². The Balaban J connectivity index is 1.69. The predicted octanol–water partition coefficient (Wildman–Crippen LogP) is 4.52. The van der Waals surface area contributed by atoms with Gasteiger partial charge < -0.3 is 10.1 Å². The zero-order valence-electron chi connectivity index (χ0n) is 14.6. The molecule has 2 aromatic carbocycles. The van der Waals surface area contributed by atoms with E-state index < -0.39 is 5.41 Å². The third kappa shape index (κ3) is 3.82. The second-order valence-electron chi connectivity index (χ2n) is 6.61. The highest BCUT2D eigenvalue weighted by Gasteiger charge is 2.42. The van der Waals surface area contributed by atoms with E-state index in [4.69, 9.17) is 16.3 Å². The highest BCUT2D eigenvalue weighted by molar-refractivity contribution is 6.30. The molecule has 0 bridgehead atoms. The number of halogens is 1. The van der Waals surface area contributed by atoms with Gasteiger partial charge in [-0.15, -0.1) is 0 Å². The smallest absolute Gasteiger partial charge is 0.230 e. The number of hydrogen-bond donors (Lipinski definition) is 1. The van der Waals surface area contributed by atoms with E-state index in [0.717, 1.165) is 49.0 Å². The highest BCUT2D eigenvalue weighted by Crippen LogP contribution is 2.41. The third-order valence-electron chi connectivity index (χ3n) is 5.16. The van der Waals surface area contributed by atoms with Crippen molar-refractivity contribution in [1.29, 1.82) is 0 Å². The summed E-state index contributed by atoms with van der Waals surface area (Å²) >= 11 is 6.01. The number of methoxy groups -OCH3 is 1. The lowest BCUT2D eigenvalue weighted by atomic mass is 9.78. The fraction of sp³-hybridized carbons (Fsp3) is 0.381. The van der Waals surface area contributed by atoms with Gasteiger partial charge in [0.15, 0.2) is 0 Å². The van der Waals surface area contributed by atoms with Crippen LogP contribution in [0.2, 0.25) is 5.02 Å². The summed E-state index contributed by atoms with van der Waals surface area (Å²) in [6, 6.07) is 15.7. The molecule has 132 valence electrons. The molecule has 1 fully saturated rings. The number of benzene rings is 2. The number of para-hydroxylation sites is 1. The maximum Gasteiger partial charge on any atom is 0.230 e. The van der Waals surface area contributed by atoms with E-state index in [1.807, 2.05) is 48.5 Å². The van der Waals surface area contributed by atoms with E-state index in [1.54, 1.807) is 7.11 Å². The normalized spacial score (nSPS) is 15.8. The third-order valence-corrected chi connectivity index (χ3v) is 5.41. The zero-order valence-corrected chi connectivity index (χ0v) is 15.3. The summed E-state index contributed by atoms with van der Waals surface area (Å²) in [5.41, 5.74) is 1.77. The Bertz CT molecular complexity index is 721. The first-order valence-electron chi connectivity index (χ1n) is 8.82. The molecule has 4 heteroatoms. The molecular weight excluding hydrogens is 334 g/mol. The molecule has 3 rings (SSSR count). The van der Waals surface area contributed by atoms with Gasteiger partial charge in [0.05, 0.1) is 12.5 Å². The lowest BCUT2D eigenvalue weighted by Crippen LogP contribution is -2.43. The molecule has 1 amide bonds. The second kappa shape index (κ2) is 7.92. The van der Waals surface area contributed by atoms with Crippen LogP contribution in [-0.4, -0.2) is 19.6 Å². The molecule has 0 spiro atoms. The van der Waals surface area contributed by atoms with Crippen molar-refractivity contribution in [3.8, 4) is 5.75 Å². The number of amides is 1. The summed E-state index contributed by atoms with van der Waals surface area (Å²) < 4.78 is 5.38. The van der Waals surface area contributed by atoms with Crippen LogP contribution < -0.4 is 10.1 Å². The van der Waals surface area contributed by atoms with Crippen molar-refractivity contribution in [3.63, 3.8) is 0 Å². The van der Waals surface area contributed by atoms with Crippen molar-refractivity contribution < 1.29 is 9.53 Å². The monoisotopic (exact) mass is 357 g/mol. The maximum atomic E-state index is 13.0. The molecular formula is C21H24ClNO2. The van der Waals surface area contributed by atoms with Gasteiger partial charge in [-0.25, -0.2) is 0 Å². The van der Waals surface area contributed by atoms with Gasteiger partial charge in [0.1, 0.15) is 5.75 Å². The topological polar surface area (TPSA) is 38.3 Å². The van der Waals surface area contributed by atoms with Crippen molar-refractivity contribution in [2.24, 2.45) is 0 Å². The molecule has 0 aliphatic heterocycles. The van der Waals surface area contributed by atoms with Crippen molar-refractivity contribution in [1.82, 2.24) is 5.32 Å². The molecule has 0 aromatic heterocycles. The molecule has 25 heavy (non-hydrogen) atoms. The minimum absolute atomic E-state index is 0.127. The number of nitrogens with one attached hydrogen (secondary N) is 1. The molecule has 1 aliphatic carbocycles. The SMILES string of the molecule is COc1ccccc1CCNC(=O)C1(c2ccc(Cl)cc2)CCCC1. The maximum absolute atomic E-state index is 13.0. The predicted molar refractivity (Wildman–Crippen MR) is 101 cm³/mol. The molecule has 1 N–H and O–H groups in total. The molecule has 0 heterocycles. The summed E-state index contributed by atoms with van der Waals surface area (Å²) in [6.07, 6.45) is 4.72. The number of hydrogen-bond acceptors (Lipinski definition) is 2. The van der Waals surface area contributed by atoms with Gasteiger partial charge in [-0.1, -0.05) is 54.8 Å². The molecule has 0 atom stereocenters. The number of ether oxygens (including phenoxy) is 1. The summed E-state index contributed by atoms with van der Waals surface area (Å²) in [5.74, 6) is 0.993. The van der Waals surface area contributed by atoms with Crippen LogP contribution in [-0.2, 0) is 16.6 Å². The second-order valence-corrected chi connectivity index (χ2v) is 7.05. The Hall–Kier alpha value is -2.00. The largest absolute Gasteiger partial charge is 0.496 e. The molecule has 2 aromatic rings. The van der Waals surface area contributed by atoms with E-state index in [1.165, 1.54) is 0 Å². The highest BCUT2D eigenvalue weighted by atomic mass is 35.5. The summed E-state index contributed by atoms with van der Waals surface area (Å²) in [4.78, 5) is 13.0. The van der Waals surface area contributed by atoms with Crippen LogP contribution >= 0.6 is 11.6 Å². The first kappa shape index (κ1) is 17.8. The fourth-order valence-electron chi connectivity index (χ4n) is 3.78. The van der Waals surface area contributed by atoms with Crippen LogP contribution in [0.25, 0.3) is 0 Å². The van der Waals surface area contributed by atoms with Gasteiger partial charge in [-0.3, -0.25) is 4.79 Å². The Morgan fingerprint density at radius 2 is 1.80 bits per heavy atom. The van der Waals surface area contributed by atoms with Gasteiger partial charge in [-0.05, 0) is 48.6 Å². The fourth-order valence-corrected chi connectivity index (χ4v) is 3.91. The van der Waals surface area contributed by atoms with Gasteiger partial charge in [0, 0.05) is 11.6 Å². The summed E-state index contributed by atoms with van der Waals surface area (Å²) in [5, 5.41) is 3.85. The Labute approximate surface area is 154 Å². The first-order valence-corrected chi connectivity index (χ1v) is 9.20. The first-order chi connectivity index (χ1) is 12.2. The Morgan fingerprint density at radius 1 is 1.12 bits per heavy atom. The van der Waals surface area contributed by atoms with E-state index in [9.17, 15) is 4.79 Å². The van der Waals surface area contributed by atoms with Crippen LogP contribution in [0.4, 0.5) is 0 Å². The van der Waals surface area contributed by atoms with Crippen molar-refractivity contribution in [2.75, 3.05) is 13.7 Å². The average Bonchev–Trinajstić information content (AvgIpc) is 3.14. The van der Waals surface area contributed by atoms with Gasteiger partial charge in [-0.2, -0.15) is 0 Å². The zero-order chi connectivity index (χ0) is 17.7. The van der Waals surface area contributed by atoms with Crippen LogP contribution in [0.1, 0.15) is 36.8 Å². The number of carbonyl (C=O) groups is 1. The summed E-state index contributed by atoms with van der Waals surface area (Å²) in [6.45, 7) is 0.606. The van der Waals surface area contributed by atoms with Crippen LogP contribution in [0, 0.1) is 0 Å². The lowest BCUT2D eigenvalue weighted by Gasteiger charge is -2.28. The van der Waals surface area contributed by atoms with Crippen LogP contribution in [0.3, 0.4) is 0 Å². The molecule has 0 radical (unpaired) electrons. The summed E-state index contributed by atoms with van der Waals surface area (Å²) in [7, 11) is 1.67. The van der Waals surface area contributed by atoms with Crippen molar-refractivity contribution >= 4 is 17.5 Å². The number of carbonyl (C=O) groups excluding carboxylic acids is 1. The van der Waals surface area contributed by atoms with Crippen LogP contribution in [0.15, 0.2) is 48.5 Å². The lowest BCUT2D eigenvalue weighted by molar-refractivity contribution is -0.126. The standard InChI is InChI=1S/C21H24ClNO2/c1-25-19-7-3-2-6-16(19)12-15-23-20(24)21(13-4-5-14-21)17-8-10-18(22)11-9-17/h2-3,6-11H,4-5,12-15H2,1H3,(H,23,24). The molecule has 1 saturated carbocycles. The van der Waals surface area contributed by atoms with E-state index in [-0.39, 0.29) is 5.91 Å². The van der Waals surface area contributed by atoms with Gasteiger partial charge in [0.25, 0.3) is 0 Å². The van der Waals surface area contributed by atoms with Gasteiger partial charge >= 0.3 is 0 Å². The Morgan fingerprint density at radius 3 is 2.48 bits per heavy atom. The molecule has 3 nitrogen and oxygen atoms in total. The Kier molecular flexibility index (Phi) is 5.64. The quantitative estimate of drug-likeness (QED) is 0.825. The van der Waals surface area contributed by atoms with Crippen LogP contribution in [0.5, 0.6) is 5.75 Å². The molecule has 0 unspecified atom stereocenters. The van der Waals surface area contributed by atoms with Crippen molar-refractivity contribution in [2.45, 2.75) is 37.5 Å². The molecule has 0 saturated heterocycles. The minimum atomic E-state index is -0.411. The number of rotatable bonds is 6. The van der Waals surface area contributed by atoms with E-state index in [2.05, 4.69) is 5.32 Å². The minimum Gasteiger partial charge on any atom is -0.496 e. The van der Waals surface area contributed by atoms with E-state index >= 15 is 0 Å². The van der Waals surface area contributed by atoms with Crippen molar-refractivity contribution in [3.05, 3.63) is 64.7 Å². The van der Waals surface area contributed by atoms with E-state index in [0.29, 0.717) is 11.6 Å².